The molecular weight excluding hydrogens is 510 g/mol. The van der Waals surface area contributed by atoms with Gasteiger partial charge in [-0.2, -0.15) is 4.31 Å². The average molecular weight is 538 g/mol. The number of likely N-dealkylation sites (N-methyl/N-ethyl adjacent to an activating group) is 2. The number of sulfonamides is 1. The molecule has 2 aromatic carbocycles. The molecule has 0 aliphatic carbocycles. The van der Waals surface area contributed by atoms with Crippen molar-refractivity contribution in [1.29, 1.82) is 0 Å². The van der Waals surface area contributed by atoms with E-state index < -0.39 is 22.0 Å². The van der Waals surface area contributed by atoms with E-state index in [1.54, 1.807) is 30.3 Å². The smallest absolute Gasteiger partial charge is 0.283 e. The minimum absolute atomic E-state index is 0.0729. The Labute approximate surface area is 220 Å². The fraction of sp³-hybridized carbons (Fsp3) is 0.346. The Kier molecular flexibility index (Phi) is 6.76. The van der Waals surface area contributed by atoms with Crippen molar-refractivity contribution in [3.63, 3.8) is 0 Å². The molecule has 3 aromatic rings. The molecule has 1 aromatic heterocycles. The first-order chi connectivity index (χ1) is 17.7. The number of fused-ring (bicyclic) bond motifs is 2. The number of terminal acetylenes is 1. The minimum Gasteiger partial charge on any atom is -0.357 e. The molecule has 2 aliphatic rings. The normalized spacial score (nSPS) is 18.8. The molecule has 37 heavy (non-hydrogen) atoms. The van der Waals surface area contributed by atoms with E-state index in [0.717, 1.165) is 40.9 Å². The van der Waals surface area contributed by atoms with Crippen LogP contribution in [-0.4, -0.2) is 85.6 Å². The van der Waals surface area contributed by atoms with Gasteiger partial charge in [0.2, 0.25) is 15.9 Å². The number of aromatic nitrogens is 1. The van der Waals surface area contributed by atoms with E-state index in [1.165, 1.54) is 27.6 Å². The lowest BCUT2D eigenvalue weighted by Gasteiger charge is -2.39. The highest BCUT2D eigenvalue weighted by atomic mass is 32.2. The van der Waals surface area contributed by atoms with Crippen LogP contribution in [0.25, 0.3) is 10.8 Å². The summed E-state index contributed by atoms with van der Waals surface area (Å²) in [6.07, 6.45) is 6.24. The maximum Gasteiger partial charge on any atom is 0.283 e. The summed E-state index contributed by atoms with van der Waals surface area (Å²) in [5.74, 6) is 1.81. The predicted octanol–water partition coefficient (Wildman–Crippen LogP) is 1.53. The van der Waals surface area contributed by atoms with Crippen LogP contribution in [0.2, 0.25) is 0 Å². The monoisotopic (exact) mass is 537 g/mol. The zero-order valence-corrected chi connectivity index (χ0v) is 22.2. The van der Waals surface area contributed by atoms with Crippen molar-refractivity contribution in [3.8, 4) is 12.3 Å². The maximum atomic E-state index is 13.6. The van der Waals surface area contributed by atoms with E-state index in [-0.39, 0.29) is 30.4 Å². The number of benzene rings is 2. The molecule has 11 heteroatoms. The molecule has 9 nitrogen and oxygen atoms in total. The molecule has 1 fully saturated rings. The number of rotatable bonds is 4. The third-order valence-electron chi connectivity index (χ3n) is 6.87. The number of hydrogen-bond donors (Lipinski definition) is 1. The van der Waals surface area contributed by atoms with Crippen molar-refractivity contribution >= 4 is 43.9 Å². The van der Waals surface area contributed by atoms with Crippen molar-refractivity contribution < 1.29 is 18.0 Å². The first-order valence-corrected chi connectivity index (χ1v) is 14.2. The molecular formula is C26H27N5O4S2. The first-order valence-electron chi connectivity index (χ1n) is 11.9. The van der Waals surface area contributed by atoms with Crippen LogP contribution in [0.5, 0.6) is 0 Å². The van der Waals surface area contributed by atoms with E-state index >= 15 is 0 Å². The lowest BCUT2D eigenvalue weighted by Crippen LogP contribution is -2.61. The van der Waals surface area contributed by atoms with Gasteiger partial charge in [0, 0.05) is 56.6 Å². The van der Waals surface area contributed by atoms with Gasteiger partial charge in [0.25, 0.3) is 5.91 Å². The van der Waals surface area contributed by atoms with Gasteiger partial charge in [0.1, 0.15) is 6.04 Å². The summed E-state index contributed by atoms with van der Waals surface area (Å²) in [5, 5.41) is 4.50. The van der Waals surface area contributed by atoms with Crippen LogP contribution in [0.4, 0.5) is 0 Å². The zero-order chi connectivity index (χ0) is 26.3. The van der Waals surface area contributed by atoms with Crippen molar-refractivity contribution in [2.45, 2.75) is 23.9 Å². The lowest BCUT2D eigenvalue weighted by atomic mass is 10.1. The number of nitrogens with zero attached hydrogens (tertiary/aromatic N) is 4. The van der Waals surface area contributed by atoms with Crippen LogP contribution in [0.1, 0.15) is 25.9 Å². The van der Waals surface area contributed by atoms with Crippen LogP contribution >= 0.6 is 11.3 Å². The zero-order valence-electron chi connectivity index (χ0n) is 20.6. The van der Waals surface area contributed by atoms with Crippen LogP contribution in [0, 0.1) is 12.3 Å². The Morgan fingerprint density at radius 3 is 2.65 bits per heavy atom. The van der Waals surface area contributed by atoms with Gasteiger partial charge < -0.3 is 15.1 Å². The Morgan fingerprint density at radius 2 is 1.89 bits per heavy atom. The molecule has 1 N–H and O–H groups in total. The Balaban J connectivity index is 1.40. The molecule has 5 rings (SSSR count). The molecule has 192 valence electrons. The van der Waals surface area contributed by atoms with Crippen LogP contribution in [-0.2, 0) is 27.8 Å². The van der Waals surface area contributed by atoms with E-state index in [1.807, 2.05) is 13.1 Å². The molecule has 0 bridgehead atoms. The fourth-order valence-electron chi connectivity index (χ4n) is 4.77. The summed E-state index contributed by atoms with van der Waals surface area (Å²) in [7, 11) is -0.410. The second kappa shape index (κ2) is 9.87. The third kappa shape index (κ3) is 4.73. The summed E-state index contributed by atoms with van der Waals surface area (Å²) in [4.78, 5) is 35.6. The standard InChI is InChI=1S/C26H27N5O4S2/c1-4-17-5-6-19-14-20(8-7-18(19)13-17)37(34,35)30-11-12-31(22(15-30)24(32)27-2)26(33)25-28-21-9-10-29(3)16-23(21)36-25/h1,5-8,13-14,22H,9-12,15-16H2,2-3H3,(H,27,32). The summed E-state index contributed by atoms with van der Waals surface area (Å²) in [6.45, 7) is 1.63. The molecule has 1 saturated heterocycles. The molecule has 0 radical (unpaired) electrons. The van der Waals surface area contributed by atoms with Gasteiger partial charge in [0.15, 0.2) is 5.01 Å². The highest BCUT2D eigenvalue weighted by Crippen LogP contribution is 2.28. The number of amides is 2. The van der Waals surface area contributed by atoms with E-state index in [2.05, 4.69) is 21.1 Å². The number of thiazole rings is 1. The molecule has 3 heterocycles. The number of piperazine rings is 1. The van der Waals surface area contributed by atoms with Crippen LogP contribution in [0.15, 0.2) is 41.3 Å². The van der Waals surface area contributed by atoms with Crippen LogP contribution < -0.4 is 5.32 Å². The molecule has 0 spiro atoms. The number of carbonyl (C=O) groups excluding carboxylic acids is 2. The minimum atomic E-state index is -3.91. The second-order valence-electron chi connectivity index (χ2n) is 9.24. The molecule has 2 amide bonds. The molecule has 1 unspecified atom stereocenters. The van der Waals surface area contributed by atoms with Crippen molar-refractivity contribution in [3.05, 3.63) is 57.5 Å². The summed E-state index contributed by atoms with van der Waals surface area (Å²) in [5.41, 5.74) is 1.64. The van der Waals surface area contributed by atoms with Gasteiger partial charge in [0.05, 0.1) is 10.6 Å². The molecule has 2 aliphatic heterocycles. The number of hydrogen-bond acceptors (Lipinski definition) is 7. The van der Waals surface area contributed by atoms with Gasteiger partial charge in [-0.3, -0.25) is 9.59 Å². The Bertz CT molecular complexity index is 1540. The van der Waals surface area contributed by atoms with Crippen molar-refractivity contribution in [2.24, 2.45) is 0 Å². The number of carbonyl (C=O) groups is 2. The lowest BCUT2D eigenvalue weighted by molar-refractivity contribution is -0.126. The van der Waals surface area contributed by atoms with Crippen molar-refractivity contribution in [1.82, 2.24) is 24.4 Å². The maximum absolute atomic E-state index is 13.6. The molecule has 0 saturated carbocycles. The second-order valence-corrected chi connectivity index (χ2v) is 12.3. The third-order valence-corrected chi connectivity index (χ3v) is 9.81. The highest BCUT2D eigenvalue weighted by Gasteiger charge is 2.41. The van der Waals surface area contributed by atoms with Gasteiger partial charge in [-0.25, -0.2) is 13.4 Å². The van der Waals surface area contributed by atoms with Gasteiger partial charge in [-0.1, -0.05) is 18.1 Å². The van der Waals surface area contributed by atoms with Crippen LogP contribution in [0.3, 0.4) is 0 Å². The topological polar surface area (TPSA) is 103 Å². The first kappa shape index (κ1) is 25.4. The van der Waals surface area contributed by atoms with Crippen molar-refractivity contribution in [2.75, 3.05) is 40.3 Å². The van der Waals surface area contributed by atoms with E-state index in [9.17, 15) is 18.0 Å². The average Bonchev–Trinajstić information content (AvgIpc) is 3.34. The summed E-state index contributed by atoms with van der Waals surface area (Å²) in [6, 6.07) is 9.28. The Morgan fingerprint density at radius 1 is 1.14 bits per heavy atom. The Hall–Kier alpha value is -3.30. The fourth-order valence-corrected chi connectivity index (χ4v) is 7.39. The summed E-state index contributed by atoms with van der Waals surface area (Å²) < 4.78 is 28.4. The van der Waals surface area contributed by atoms with Gasteiger partial charge in [-0.05, 0) is 42.1 Å². The largest absolute Gasteiger partial charge is 0.357 e. The highest BCUT2D eigenvalue weighted by molar-refractivity contribution is 7.89. The predicted molar refractivity (Wildman–Crippen MR) is 142 cm³/mol. The quantitative estimate of drug-likeness (QED) is 0.507. The number of nitrogens with one attached hydrogen (secondary N) is 1. The van der Waals surface area contributed by atoms with Gasteiger partial charge in [-0.15, -0.1) is 17.8 Å². The van der Waals surface area contributed by atoms with E-state index in [0.29, 0.717) is 10.6 Å². The SMILES string of the molecule is C#Cc1ccc2cc(S(=O)(=O)N3CCN(C(=O)c4nc5c(s4)CN(C)CC5)C(C(=O)NC)C3)ccc2c1. The molecule has 1 atom stereocenters. The summed E-state index contributed by atoms with van der Waals surface area (Å²) >= 11 is 1.35. The van der Waals surface area contributed by atoms with E-state index in [4.69, 9.17) is 6.42 Å². The van der Waals surface area contributed by atoms with Gasteiger partial charge >= 0.3 is 0 Å².